The first-order valence-electron chi connectivity index (χ1n) is 7.43. The van der Waals surface area contributed by atoms with Crippen LogP contribution in [0.1, 0.15) is 48.9 Å². The van der Waals surface area contributed by atoms with E-state index in [4.69, 9.17) is 0 Å². The van der Waals surface area contributed by atoms with Crippen LogP contribution in [-0.4, -0.2) is 23.8 Å². The number of ketones is 1. The Morgan fingerprint density at radius 1 is 0.895 bits per heavy atom. The summed E-state index contributed by atoms with van der Waals surface area (Å²) in [7, 11) is 0. The van der Waals surface area contributed by atoms with Crippen LogP contribution in [-0.2, 0) is 0 Å². The first-order chi connectivity index (χ1) is 9.36. The summed E-state index contributed by atoms with van der Waals surface area (Å²) in [6.45, 7) is 2.28. The second-order valence-corrected chi connectivity index (χ2v) is 5.52. The Morgan fingerprint density at radius 2 is 1.58 bits per heavy atom. The van der Waals surface area contributed by atoms with Gasteiger partial charge in [0.05, 0.1) is 0 Å². The highest BCUT2D eigenvalue weighted by molar-refractivity contribution is 6.09. The molecule has 0 aromatic heterocycles. The van der Waals surface area contributed by atoms with Crippen LogP contribution in [0.25, 0.3) is 0 Å². The Balaban J connectivity index is 1.92. The van der Waals surface area contributed by atoms with Crippen LogP contribution in [0.5, 0.6) is 0 Å². The molecule has 0 bridgehead atoms. The molecule has 2 nitrogen and oxygen atoms in total. The van der Waals surface area contributed by atoms with E-state index in [1.54, 1.807) is 0 Å². The molecule has 0 atom stereocenters. The van der Waals surface area contributed by atoms with E-state index < -0.39 is 0 Å². The zero-order chi connectivity index (χ0) is 13.1. The van der Waals surface area contributed by atoms with E-state index in [1.165, 1.54) is 25.0 Å². The molecule has 1 aromatic rings. The molecule has 2 heteroatoms. The van der Waals surface area contributed by atoms with Crippen molar-refractivity contribution in [1.29, 1.82) is 0 Å². The van der Waals surface area contributed by atoms with E-state index in [9.17, 15) is 4.79 Å². The van der Waals surface area contributed by atoms with Crippen LogP contribution in [0.2, 0.25) is 0 Å². The highest BCUT2D eigenvalue weighted by Gasteiger charge is 2.25. The molecule has 19 heavy (non-hydrogen) atoms. The maximum absolute atomic E-state index is 12.7. The van der Waals surface area contributed by atoms with Crippen LogP contribution >= 0.6 is 0 Å². The van der Waals surface area contributed by atoms with Crippen molar-refractivity contribution in [2.75, 3.05) is 13.1 Å². The Morgan fingerprint density at radius 3 is 2.32 bits per heavy atom. The number of benzene rings is 1. The molecule has 100 valence electrons. The lowest BCUT2D eigenvalue weighted by Crippen LogP contribution is -2.24. The van der Waals surface area contributed by atoms with Crippen LogP contribution in [0, 0.1) is 0 Å². The van der Waals surface area contributed by atoms with Gasteiger partial charge in [-0.15, -0.1) is 0 Å². The zero-order valence-corrected chi connectivity index (χ0v) is 11.4. The highest BCUT2D eigenvalue weighted by Crippen LogP contribution is 2.31. The van der Waals surface area contributed by atoms with Gasteiger partial charge in [-0.05, 0) is 38.5 Å². The number of carbonyl (C=O) groups is 1. The number of rotatable bonds is 3. The SMILES string of the molecule is O=C(C1=C(N2CCCC2)CCCC1)c1ccccc1. The summed E-state index contributed by atoms with van der Waals surface area (Å²) in [5.74, 6) is 0.252. The summed E-state index contributed by atoms with van der Waals surface area (Å²) < 4.78 is 0. The third-order valence-electron chi connectivity index (χ3n) is 4.24. The van der Waals surface area contributed by atoms with E-state index in [2.05, 4.69) is 4.90 Å². The lowest BCUT2D eigenvalue weighted by atomic mass is 9.90. The number of Topliss-reactive ketones (excluding diaryl/α,β-unsaturated/α-hetero) is 1. The molecule has 1 saturated heterocycles. The van der Waals surface area contributed by atoms with Gasteiger partial charge < -0.3 is 4.90 Å². The minimum Gasteiger partial charge on any atom is -0.374 e. The maximum atomic E-state index is 12.7. The van der Waals surface area contributed by atoms with E-state index in [-0.39, 0.29) is 5.78 Å². The largest absolute Gasteiger partial charge is 0.374 e. The van der Waals surface area contributed by atoms with Gasteiger partial charge in [-0.3, -0.25) is 4.79 Å². The molecular formula is C17H21NO. The molecule has 0 spiro atoms. The summed E-state index contributed by atoms with van der Waals surface area (Å²) >= 11 is 0. The van der Waals surface area contributed by atoms with Gasteiger partial charge in [0.1, 0.15) is 0 Å². The van der Waals surface area contributed by atoms with E-state index >= 15 is 0 Å². The lowest BCUT2D eigenvalue weighted by molar-refractivity contribution is 0.102. The Hall–Kier alpha value is -1.57. The second-order valence-electron chi connectivity index (χ2n) is 5.52. The smallest absolute Gasteiger partial charge is 0.190 e. The number of nitrogens with zero attached hydrogens (tertiary/aromatic N) is 1. The van der Waals surface area contributed by atoms with Crippen LogP contribution in [0.4, 0.5) is 0 Å². The molecule has 0 amide bonds. The predicted octanol–water partition coefficient (Wildman–Crippen LogP) is 3.79. The molecular weight excluding hydrogens is 234 g/mol. The van der Waals surface area contributed by atoms with Crippen LogP contribution in [0.15, 0.2) is 41.6 Å². The van der Waals surface area contributed by atoms with Crippen molar-refractivity contribution < 1.29 is 4.79 Å². The minimum atomic E-state index is 0.252. The van der Waals surface area contributed by atoms with E-state index in [0.717, 1.165) is 43.5 Å². The third-order valence-corrected chi connectivity index (χ3v) is 4.24. The van der Waals surface area contributed by atoms with Crippen molar-refractivity contribution in [3.63, 3.8) is 0 Å². The van der Waals surface area contributed by atoms with Gasteiger partial charge in [0.2, 0.25) is 0 Å². The molecule has 1 aromatic carbocycles. The molecule has 0 N–H and O–H groups in total. The minimum absolute atomic E-state index is 0.252. The van der Waals surface area contributed by atoms with Crippen molar-refractivity contribution in [2.24, 2.45) is 0 Å². The number of hydrogen-bond acceptors (Lipinski definition) is 2. The first-order valence-corrected chi connectivity index (χ1v) is 7.43. The molecule has 1 aliphatic heterocycles. The molecule has 1 fully saturated rings. The monoisotopic (exact) mass is 255 g/mol. The summed E-state index contributed by atoms with van der Waals surface area (Å²) in [4.78, 5) is 15.1. The summed E-state index contributed by atoms with van der Waals surface area (Å²) in [5, 5.41) is 0. The Bertz CT molecular complexity index is 483. The van der Waals surface area contributed by atoms with Crippen molar-refractivity contribution >= 4 is 5.78 Å². The lowest BCUT2D eigenvalue weighted by Gasteiger charge is -2.28. The summed E-state index contributed by atoms with van der Waals surface area (Å²) in [5.41, 5.74) is 3.27. The molecule has 0 saturated carbocycles. The summed E-state index contributed by atoms with van der Waals surface area (Å²) in [6.07, 6.45) is 6.99. The second kappa shape index (κ2) is 5.60. The first kappa shape index (κ1) is 12.5. The Labute approximate surface area is 115 Å². The standard InChI is InChI=1S/C17H21NO/c19-17(14-8-2-1-3-9-14)15-10-4-5-11-16(15)18-12-6-7-13-18/h1-3,8-9H,4-7,10-13H2. The van der Waals surface area contributed by atoms with Gasteiger partial charge in [0, 0.05) is 29.9 Å². The fraction of sp³-hybridized carbons (Fsp3) is 0.471. The number of hydrogen-bond donors (Lipinski definition) is 0. The van der Waals surface area contributed by atoms with Gasteiger partial charge in [-0.1, -0.05) is 30.3 Å². The van der Waals surface area contributed by atoms with E-state index in [1.807, 2.05) is 30.3 Å². The van der Waals surface area contributed by atoms with Crippen molar-refractivity contribution in [2.45, 2.75) is 38.5 Å². The number of likely N-dealkylation sites (tertiary alicyclic amines) is 1. The van der Waals surface area contributed by atoms with Crippen molar-refractivity contribution in [3.05, 3.63) is 47.2 Å². The topological polar surface area (TPSA) is 20.3 Å². The fourth-order valence-corrected chi connectivity index (χ4v) is 3.23. The van der Waals surface area contributed by atoms with Gasteiger partial charge in [-0.2, -0.15) is 0 Å². The van der Waals surface area contributed by atoms with Gasteiger partial charge in [0.15, 0.2) is 5.78 Å². The van der Waals surface area contributed by atoms with Crippen molar-refractivity contribution in [1.82, 2.24) is 4.90 Å². The van der Waals surface area contributed by atoms with E-state index in [0.29, 0.717) is 0 Å². The quantitative estimate of drug-likeness (QED) is 0.766. The molecule has 0 unspecified atom stereocenters. The highest BCUT2D eigenvalue weighted by atomic mass is 16.1. The van der Waals surface area contributed by atoms with Gasteiger partial charge >= 0.3 is 0 Å². The zero-order valence-electron chi connectivity index (χ0n) is 11.4. The average molecular weight is 255 g/mol. The summed E-state index contributed by atoms with van der Waals surface area (Å²) in [6, 6.07) is 9.74. The number of carbonyl (C=O) groups excluding carboxylic acids is 1. The van der Waals surface area contributed by atoms with Gasteiger partial charge in [0.25, 0.3) is 0 Å². The van der Waals surface area contributed by atoms with Crippen LogP contribution < -0.4 is 0 Å². The third kappa shape index (κ3) is 2.58. The normalized spacial score (nSPS) is 19.9. The number of allylic oxidation sites excluding steroid dienone is 2. The van der Waals surface area contributed by atoms with Gasteiger partial charge in [-0.25, -0.2) is 0 Å². The molecule has 1 aliphatic carbocycles. The molecule has 1 heterocycles. The fourth-order valence-electron chi connectivity index (χ4n) is 3.23. The average Bonchev–Trinajstić information content (AvgIpc) is 3.01. The molecule has 3 rings (SSSR count). The van der Waals surface area contributed by atoms with Crippen LogP contribution in [0.3, 0.4) is 0 Å². The maximum Gasteiger partial charge on any atom is 0.190 e. The Kier molecular flexibility index (Phi) is 3.67. The molecule has 0 radical (unpaired) electrons. The van der Waals surface area contributed by atoms with Crippen molar-refractivity contribution in [3.8, 4) is 0 Å². The molecule has 2 aliphatic rings. The predicted molar refractivity (Wildman–Crippen MR) is 77.1 cm³/mol.